The maximum Gasteiger partial charge on any atom is 0.249 e. The number of hydrogen-bond donors (Lipinski definition) is 2. The summed E-state index contributed by atoms with van der Waals surface area (Å²) >= 11 is 6.60. The number of ether oxygens (including phenoxy) is 2. The van der Waals surface area contributed by atoms with Crippen molar-refractivity contribution in [1.29, 1.82) is 0 Å². The number of halogens is 3. The first-order valence-electron chi connectivity index (χ1n) is 13.0. The van der Waals surface area contributed by atoms with Gasteiger partial charge in [-0.25, -0.2) is 18.7 Å². The largest absolute Gasteiger partial charge is 0.484 e. The van der Waals surface area contributed by atoms with E-state index in [1.54, 1.807) is 0 Å². The minimum Gasteiger partial charge on any atom is -0.484 e. The second-order valence-corrected chi connectivity index (χ2v) is 10.6. The lowest BCUT2D eigenvalue weighted by molar-refractivity contribution is 0.0539. The number of aromatic nitrogens is 2. The molecule has 10 heteroatoms. The van der Waals surface area contributed by atoms with Gasteiger partial charge in [0.05, 0.1) is 22.3 Å². The molecule has 0 saturated carbocycles. The fourth-order valence-corrected chi connectivity index (χ4v) is 6.53. The Morgan fingerprint density at radius 1 is 1.15 bits per heavy atom. The number of nitrogens with one attached hydrogen (secondary N) is 1. The van der Waals surface area contributed by atoms with Gasteiger partial charge in [0, 0.05) is 46.5 Å². The van der Waals surface area contributed by atoms with Gasteiger partial charge >= 0.3 is 0 Å². The van der Waals surface area contributed by atoms with Crippen LogP contribution in [0.2, 0.25) is 5.02 Å². The molecular formula is C30H23ClF2N4O3. The molecule has 7 rings (SSSR count). The van der Waals surface area contributed by atoms with Crippen molar-refractivity contribution in [3.05, 3.63) is 94.0 Å². The second kappa shape index (κ2) is 9.25. The van der Waals surface area contributed by atoms with Crippen LogP contribution in [0.1, 0.15) is 40.0 Å². The first kappa shape index (κ1) is 24.9. The molecular weight excluding hydrogens is 538 g/mol. The number of nitrogens with zero attached hydrogens (tertiary/aromatic N) is 2. The molecule has 3 aliphatic heterocycles. The topological polar surface area (TPSA) is 99.4 Å². The van der Waals surface area contributed by atoms with Gasteiger partial charge in [0.1, 0.15) is 24.5 Å². The third-order valence-electron chi connectivity index (χ3n) is 8.08. The van der Waals surface area contributed by atoms with Gasteiger partial charge in [0.25, 0.3) is 0 Å². The lowest BCUT2D eigenvalue weighted by Gasteiger charge is -2.35. The van der Waals surface area contributed by atoms with Crippen molar-refractivity contribution in [1.82, 2.24) is 15.3 Å². The predicted octanol–water partition coefficient (Wildman–Crippen LogP) is 5.32. The number of hydrogen-bond acceptors (Lipinski definition) is 6. The van der Waals surface area contributed by atoms with Crippen LogP contribution in [0, 0.1) is 11.6 Å². The molecule has 1 amide bonds. The van der Waals surface area contributed by atoms with E-state index >= 15 is 8.78 Å². The van der Waals surface area contributed by atoms with E-state index in [1.165, 1.54) is 24.7 Å². The summed E-state index contributed by atoms with van der Waals surface area (Å²) in [5.74, 6) is -2.44. The molecule has 2 atom stereocenters. The summed E-state index contributed by atoms with van der Waals surface area (Å²) in [7, 11) is 0. The molecule has 40 heavy (non-hydrogen) atoms. The van der Waals surface area contributed by atoms with Gasteiger partial charge in [-0.2, -0.15) is 0 Å². The van der Waals surface area contributed by atoms with Crippen LogP contribution in [0.25, 0.3) is 22.3 Å². The van der Waals surface area contributed by atoms with Crippen molar-refractivity contribution < 1.29 is 23.0 Å². The van der Waals surface area contributed by atoms with Crippen molar-refractivity contribution in [3.63, 3.8) is 0 Å². The third-order valence-corrected chi connectivity index (χ3v) is 8.45. The average Bonchev–Trinajstić information content (AvgIpc) is 3.64. The van der Waals surface area contributed by atoms with Crippen molar-refractivity contribution in [2.24, 2.45) is 5.73 Å². The second-order valence-electron chi connectivity index (χ2n) is 10.2. The smallest absolute Gasteiger partial charge is 0.249 e. The Balaban J connectivity index is 1.48. The molecule has 7 nitrogen and oxygen atoms in total. The van der Waals surface area contributed by atoms with Gasteiger partial charge in [-0.3, -0.25) is 4.79 Å². The van der Waals surface area contributed by atoms with E-state index in [2.05, 4.69) is 15.3 Å². The Kier molecular flexibility index (Phi) is 5.76. The molecule has 3 N–H and O–H groups in total. The summed E-state index contributed by atoms with van der Waals surface area (Å²) in [5, 5.41) is 3.19. The highest BCUT2D eigenvalue weighted by Gasteiger charge is 2.50. The molecule has 1 aromatic heterocycles. The third kappa shape index (κ3) is 3.61. The summed E-state index contributed by atoms with van der Waals surface area (Å²) in [6, 6.07) is 12.3. The normalized spacial score (nSPS) is 20.7. The number of nitrogens with two attached hydrogens (primary N) is 1. The van der Waals surface area contributed by atoms with Crippen molar-refractivity contribution >= 4 is 17.5 Å². The summed E-state index contributed by atoms with van der Waals surface area (Å²) in [4.78, 5) is 21.0. The number of carbonyl (C=O) groups is 1. The van der Waals surface area contributed by atoms with E-state index in [1.807, 2.05) is 30.3 Å². The first-order chi connectivity index (χ1) is 19.4. The fraction of sp³-hybridized carbons (Fsp3) is 0.233. The van der Waals surface area contributed by atoms with Gasteiger partial charge in [-0.1, -0.05) is 41.9 Å². The van der Waals surface area contributed by atoms with Crippen molar-refractivity contribution in [2.45, 2.75) is 37.5 Å². The lowest BCUT2D eigenvalue weighted by atomic mass is 9.80. The van der Waals surface area contributed by atoms with Crippen LogP contribution in [0.3, 0.4) is 0 Å². The molecule has 0 aliphatic carbocycles. The molecule has 0 bridgehead atoms. The zero-order valence-corrected chi connectivity index (χ0v) is 21.9. The molecule has 0 unspecified atom stereocenters. The number of rotatable bonds is 4. The average molecular weight is 561 g/mol. The van der Waals surface area contributed by atoms with Crippen LogP contribution in [-0.2, 0) is 18.6 Å². The van der Waals surface area contributed by atoms with Crippen LogP contribution >= 0.6 is 11.6 Å². The number of carbonyl (C=O) groups excluding carboxylic acids is 1. The number of amides is 1. The summed E-state index contributed by atoms with van der Waals surface area (Å²) in [6.45, 7) is 0.814. The van der Waals surface area contributed by atoms with Gasteiger partial charge < -0.3 is 20.5 Å². The standard InChI is InChI=1S/C30H23ClF2N4O3/c31-26-20(32)10-22-18(11-30(40-22,23-7-4-8-36-23)15-5-2-1-3-6-15)24(26)25-17(29(34)38)9-16-19-12-35-14-37-21(19)13-39-28(16)27(25)33/h1-3,5-6,9-10,12,14,23,36H,4,7-8,11,13H2,(H2,34,38)/t23-,30-/m0/s1. The van der Waals surface area contributed by atoms with Crippen LogP contribution < -0.4 is 20.5 Å². The predicted molar refractivity (Wildman–Crippen MR) is 144 cm³/mol. The maximum absolute atomic E-state index is 16.5. The minimum atomic E-state index is -0.902. The summed E-state index contributed by atoms with van der Waals surface area (Å²) in [5.41, 5.74) is 7.28. The Morgan fingerprint density at radius 3 is 2.73 bits per heavy atom. The number of fused-ring (bicyclic) bond motifs is 4. The van der Waals surface area contributed by atoms with Crippen molar-refractivity contribution in [2.75, 3.05) is 6.54 Å². The fourth-order valence-electron chi connectivity index (χ4n) is 6.27. The first-order valence-corrected chi connectivity index (χ1v) is 13.3. The highest BCUT2D eigenvalue weighted by atomic mass is 35.5. The van der Waals surface area contributed by atoms with Gasteiger partial charge in [0.2, 0.25) is 5.91 Å². The highest BCUT2D eigenvalue weighted by molar-refractivity contribution is 6.34. The molecule has 1 saturated heterocycles. The Hall–Kier alpha value is -4.08. The van der Waals surface area contributed by atoms with E-state index in [0.717, 1.165) is 24.9 Å². The maximum atomic E-state index is 16.5. The Morgan fingerprint density at radius 2 is 1.98 bits per heavy atom. The van der Waals surface area contributed by atoms with E-state index in [0.29, 0.717) is 16.8 Å². The van der Waals surface area contributed by atoms with Crippen LogP contribution in [-0.4, -0.2) is 28.5 Å². The van der Waals surface area contributed by atoms with E-state index in [4.69, 9.17) is 26.8 Å². The number of benzene rings is 3. The van der Waals surface area contributed by atoms with E-state index < -0.39 is 23.1 Å². The molecule has 202 valence electrons. The van der Waals surface area contributed by atoms with Crippen LogP contribution in [0.15, 0.2) is 55.0 Å². The quantitative estimate of drug-likeness (QED) is 0.351. The summed E-state index contributed by atoms with van der Waals surface area (Å²) in [6.07, 6.45) is 4.95. The zero-order valence-electron chi connectivity index (χ0n) is 21.1. The summed E-state index contributed by atoms with van der Waals surface area (Å²) < 4.78 is 44.4. The van der Waals surface area contributed by atoms with E-state index in [-0.39, 0.29) is 57.8 Å². The zero-order chi connectivity index (χ0) is 27.6. The monoisotopic (exact) mass is 560 g/mol. The minimum absolute atomic E-state index is 0.000297. The van der Waals surface area contributed by atoms with Gasteiger partial charge in [0.15, 0.2) is 17.2 Å². The highest BCUT2D eigenvalue weighted by Crippen LogP contribution is 2.53. The lowest BCUT2D eigenvalue weighted by Crippen LogP contribution is -2.48. The Labute approximate surface area is 233 Å². The van der Waals surface area contributed by atoms with Crippen LogP contribution in [0.4, 0.5) is 8.78 Å². The van der Waals surface area contributed by atoms with Gasteiger partial charge in [-0.05, 0) is 31.0 Å². The van der Waals surface area contributed by atoms with Crippen molar-refractivity contribution in [3.8, 4) is 33.8 Å². The molecule has 0 spiro atoms. The number of primary amides is 1. The van der Waals surface area contributed by atoms with Crippen LogP contribution in [0.5, 0.6) is 11.5 Å². The Bertz CT molecular complexity index is 1690. The van der Waals surface area contributed by atoms with Gasteiger partial charge in [-0.15, -0.1) is 0 Å². The molecule has 4 heterocycles. The molecule has 4 aromatic rings. The molecule has 1 fully saturated rings. The molecule has 3 aliphatic rings. The molecule has 0 radical (unpaired) electrons. The van der Waals surface area contributed by atoms with E-state index in [9.17, 15) is 4.79 Å². The SMILES string of the molecule is NC(=O)c1cc2c(c(F)c1-c1c(Cl)c(F)cc3c1C[C@](c1ccccc1)([C@@H]1CCCN1)O3)OCc1ncncc1-2. The molecule has 3 aromatic carbocycles.